The Labute approximate surface area is 169 Å². The predicted molar refractivity (Wildman–Crippen MR) is 110 cm³/mol. The fraction of sp³-hybridized carbons (Fsp3) is 0.500. The molecule has 1 aliphatic heterocycles. The Kier molecular flexibility index (Phi) is 6.04. The van der Waals surface area contributed by atoms with Gasteiger partial charge in [0, 0.05) is 29.1 Å². The van der Waals surface area contributed by atoms with Crippen molar-refractivity contribution in [3.63, 3.8) is 0 Å². The lowest BCUT2D eigenvalue weighted by Crippen LogP contribution is -2.51. The molecule has 3 rings (SSSR count). The van der Waals surface area contributed by atoms with E-state index in [0.29, 0.717) is 40.1 Å². The molecule has 1 aliphatic rings. The van der Waals surface area contributed by atoms with Crippen LogP contribution in [0.4, 0.5) is 4.39 Å². The topological polar surface area (TPSA) is 97.8 Å². The molecule has 0 radical (unpaired) electrons. The molecule has 1 amide bonds. The van der Waals surface area contributed by atoms with Gasteiger partial charge in [-0.25, -0.2) is 4.39 Å². The highest BCUT2D eigenvalue weighted by Crippen LogP contribution is 2.26. The van der Waals surface area contributed by atoms with Crippen LogP contribution in [0.3, 0.4) is 0 Å². The number of benzene rings is 1. The van der Waals surface area contributed by atoms with Crippen LogP contribution in [0, 0.1) is 42.8 Å². The standard InChI is InChI=1S/C22H27FN4O2/c1-11-7-15(9-24)25-10-17(11)14(4)26-20(28)8-16-12(2)21-13(3)18(23)5-6-19(21)27-22(16)29/h5-6,11,14-15,17,25H,7-8,10H2,1-4H3,(H,26,28)(H,27,29)/t11?,14-,15?,17?/m0/s1. The number of amides is 1. The zero-order valence-corrected chi connectivity index (χ0v) is 17.2. The van der Waals surface area contributed by atoms with Gasteiger partial charge in [-0.3, -0.25) is 9.59 Å². The molecule has 2 heterocycles. The maximum Gasteiger partial charge on any atom is 0.252 e. The first-order valence-electron chi connectivity index (χ1n) is 9.95. The summed E-state index contributed by atoms with van der Waals surface area (Å²) in [5.74, 6) is -0.0799. The largest absolute Gasteiger partial charge is 0.353 e. The molecule has 1 aromatic heterocycles. The quantitative estimate of drug-likeness (QED) is 0.737. The number of carbonyl (C=O) groups is 1. The Morgan fingerprint density at radius 1 is 1.38 bits per heavy atom. The number of nitrogens with one attached hydrogen (secondary N) is 3. The van der Waals surface area contributed by atoms with Crippen LogP contribution in [0.5, 0.6) is 0 Å². The Morgan fingerprint density at radius 3 is 2.76 bits per heavy atom. The molecular weight excluding hydrogens is 371 g/mol. The molecule has 0 bridgehead atoms. The van der Waals surface area contributed by atoms with Crippen molar-refractivity contribution in [1.29, 1.82) is 5.26 Å². The normalized spacial score (nSPS) is 22.8. The van der Waals surface area contributed by atoms with Gasteiger partial charge in [0.2, 0.25) is 5.91 Å². The number of H-pyrrole nitrogens is 1. The molecule has 1 saturated heterocycles. The first-order valence-corrected chi connectivity index (χ1v) is 9.95. The van der Waals surface area contributed by atoms with Crippen LogP contribution in [-0.2, 0) is 11.2 Å². The molecule has 3 unspecified atom stereocenters. The van der Waals surface area contributed by atoms with E-state index in [1.54, 1.807) is 19.9 Å². The van der Waals surface area contributed by atoms with E-state index in [1.807, 2.05) is 6.92 Å². The lowest BCUT2D eigenvalue weighted by atomic mass is 9.80. The first-order chi connectivity index (χ1) is 13.7. The number of halogens is 1. The van der Waals surface area contributed by atoms with E-state index in [2.05, 4.69) is 28.6 Å². The molecule has 7 heteroatoms. The van der Waals surface area contributed by atoms with Gasteiger partial charge in [-0.2, -0.15) is 5.26 Å². The average molecular weight is 398 g/mol. The van der Waals surface area contributed by atoms with Gasteiger partial charge in [0.25, 0.3) is 5.56 Å². The molecule has 6 nitrogen and oxygen atoms in total. The fourth-order valence-corrected chi connectivity index (χ4v) is 4.46. The second kappa shape index (κ2) is 8.34. The number of rotatable bonds is 4. The maximum atomic E-state index is 14.0. The van der Waals surface area contributed by atoms with Gasteiger partial charge in [0.1, 0.15) is 5.82 Å². The zero-order chi connectivity index (χ0) is 21.3. The number of hydrogen-bond donors (Lipinski definition) is 3. The van der Waals surface area contributed by atoms with Gasteiger partial charge in [0.15, 0.2) is 0 Å². The smallest absolute Gasteiger partial charge is 0.252 e. The molecule has 3 N–H and O–H groups in total. The van der Waals surface area contributed by atoms with Crippen molar-refractivity contribution in [2.75, 3.05) is 6.54 Å². The molecule has 0 aliphatic carbocycles. The summed E-state index contributed by atoms with van der Waals surface area (Å²) in [6.07, 6.45) is 0.683. The van der Waals surface area contributed by atoms with Crippen molar-refractivity contribution in [2.45, 2.75) is 52.6 Å². The van der Waals surface area contributed by atoms with E-state index in [1.165, 1.54) is 6.07 Å². The highest BCUT2D eigenvalue weighted by atomic mass is 19.1. The fourth-order valence-electron chi connectivity index (χ4n) is 4.46. The van der Waals surface area contributed by atoms with E-state index < -0.39 is 0 Å². The molecule has 4 atom stereocenters. The molecular formula is C22H27FN4O2. The number of carbonyl (C=O) groups excluding carboxylic acids is 1. The second-order valence-electron chi connectivity index (χ2n) is 8.15. The first kappa shape index (κ1) is 21.0. The molecule has 1 aromatic carbocycles. The van der Waals surface area contributed by atoms with Crippen LogP contribution in [0.15, 0.2) is 16.9 Å². The predicted octanol–water partition coefficient (Wildman–Crippen LogP) is 2.47. The number of nitriles is 1. The molecule has 0 saturated carbocycles. The monoisotopic (exact) mass is 398 g/mol. The number of pyridine rings is 1. The number of piperidine rings is 1. The van der Waals surface area contributed by atoms with Crippen molar-refractivity contribution < 1.29 is 9.18 Å². The molecule has 154 valence electrons. The van der Waals surface area contributed by atoms with Crippen molar-refractivity contribution >= 4 is 16.8 Å². The Morgan fingerprint density at radius 2 is 2.10 bits per heavy atom. The molecule has 2 aromatic rings. The van der Waals surface area contributed by atoms with Gasteiger partial charge in [-0.1, -0.05) is 6.92 Å². The summed E-state index contributed by atoms with van der Waals surface area (Å²) in [5.41, 5.74) is 1.69. The summed E-state index contributed by atoms with van der Waals surface area (Å²) in [7, 11) is 0. The highest BCUT2D eigenvalue weighted by molar-refractivity contribution is 5.88. The minimum absolute atomic E-state index is 0.0627. The Bertz CT molecular complexity index is 1040. The lowest BCUT2D eigenvalue weighted by molar-refractivity contribution is -0.121. The Balaban J connectivity index is 1.77. The van der Waals surface area contributed by atoms with Crippen LogP contribution in [0.2, 0.25) is 0 Å². The third-order valence-corrected chi connectivity index (χ3v) is 6.21. The molecule has 1 fully saturated rings. The van der Waals surface area contributed by atoms with E-state index in [4.69, 9.17) is 5.26 Å². The number of aromatic amines is 1. The van der Waals surface area contributed by atoms with Crippen LogP contribution >= 0.6 is 0 Å². The zero-order valence-electron chi connectivity index (χ0n) is 17.2. The van der Waals surface area contributed by atoms with Gasteiger partial charge in [-0.15, -0.1) is 0 Å². The summed E-state index contributed by atoms with van der Waals surface area (Å²) in [6, 6.07) is 4.88. The van der Waals surface area contributed by atoms with Crippen molar-refractivity contribution in [3.05, 3.63) is 45.0 Å². The Hall–Kier alpha value is -2.72. The number of aromatic nitrogens is 1. The summed E-state index contributed by atoms with van der Waals surface area (Å²) in [4.78, 5) is 28.0. The number of aryl methyl sites for hydroxylation is 2. The maximum absolute atomic E-state index is 14.0. The summed E-state index contributed by atoms with van der Waals surface area (Å²) < 4.78 is 14.0. The SMILES string of the molecule is Cc1c(F)ccc2[nH]c(=O)c(CC(=O)N[C@@H](C)C3CNC(C#N)CC3C)c(C)c12. The van der Waals surface area contributed by atoms with E-state index in [-0.39, 0.29) is 41.7 Å². The van der Waals surface area contributed by atoms with Crippen LogP contribution in [-0.4, -0.2) is 29.5 Å². The highest BCUT2D eigenvalue weighted by Gasteiger charge is 2.31. The van der Waals surface area contributed by atoms with Gasteiger partial charge in [0.05, 0.1) is 18.5 Å². The van der Waals surface area contributed by atoms with Crippen LogP contribution in [0.25, 0.3) is 10.9 Å². The van der Waals surface area contributed by atoms with E-state index in [9.17, 15) is 14.0 Å². The third-order valence-electron chi connectivity index (χ3n) is 6.21. The number of nitrogens with zero attached hydrogens (tertiary/aromatic N) is 1. The summed E-state index contributed by atoms with van der Waals surface area (Å²) in [6.45, 7) is 8.12. The second-order valence-corrected chi connectivity index (χ2v) is 8.15. The van der Waals surface area contributed by atoms with Crippen molar-refractivity contribution in [1.82, 2.24) is 15.6 Å². The van der Waals surface area contributed by atoms with Crippen molar-refractivity contribution in [2.24, 2.45) is 11.8 Å². The average Bonchev–Trinajstić information content (AvgIpc) is 2.67. The summed E-state index contributed by atoms with van der Waals surface area (Å²) in [5, 5.41) is 15.9. The van der Waals surface area contributed by atoms with Gasteiger partial charge >= 0.3 is 0 Å². The molecule has 29 heavy (non-hydrogen) atoms. The number of hydrogen-bond acceptors (Lipinski definition) is 4. The van der Waals surface area contributed by atoms with E-state index in [0.717, 1.165) is 6.42 Å². The minimum Gasteiger partial charge on any atom is -0.353 e. The summed E-state index contributed by atoms with van der Waals surface area (Å²) >= 11 is 0. The minimum atomic E-state index is -0.342. The van der Waals surface area contributed by atoms with Crippen molar-refractivity contribution in [3.8, 4) is 6.07 Å². The van der Waals surface area contributed by atoms with Crippen LogP contribution < -0.4 is 16.2 Å². The number of fused-ring (bicyclic) bond motifs is 1. The van der Waals surface area contributed by atoms with E-state index >= 15 is 0 Å². The lowest BCUT2D eigenvalue weighted by Gasteiger charge is -2.36. The van der Waals surface area contributed by atoms with Crippen LogP contribution in [0.1, 0.15) is 37.0 Å². The third kappa shape index (κ3) is 4.18. The molecule has 0 spiro atoms. The van der Waals surface area contributed by atoms with Gasteiger partial charge < -0.3 is 15.6 Å². The van der Waals surface area contributed by atoms with Gasteiger partial charge in [-0.05, 0) is 62.3 Å².